The summed E-state index contributed by atoms with van der Waals surface area (Å²) in [5.74, 6) is -0.776. The third-order valence-corrected chi connectivity index (χ3v) is 6.50. The average Bonchev–Trinajstić information content (AvgIpc) is 3.15. The van der Waals surface area contributed by atoms with Gasteiger partial charge in [-0.25, -0.2) is 0 Å². The normalized spacial score (nSPS) is 23.4. The number of aromatic nitrogens is 2. The molecular weight excluding hydrogens is 416 g/mol. The lowest BCUT2D eigenvalue weighted by Crippen LogP contribution is -2.44. The predicted octanol–water partition coefficient (Wildman–Crippen LogP) is 3.53. The Labute approximate surface area is 185 Å². The predicted molar refractivity (Wildman–Crippen MR) is 117 cm³/mol. The SMILES string of the molecule is N#C[C@@H]1C[C@H](C(=O)NC2CCC2)CC[C@H]1n1cc(C(N)=O)c(Nc2ccc(Cl)cc2)n1. The summed E-state index contributed by atoms with van der Waals surface area (Å²) in [5.41, 5.74) is 6.52. The molecule has 31 heavy (non-hydrogen) atoms. The first-order valence-electron chi connectivity index (χ1n) is 10.6. The molecule has 2 saturated carbocycles. The van der Waals surface area contributed by atoms with Crippen molar-refractivity contribution in [1.82, 2.24) is 15.1 Å². The smallest absolute Gasteiger partial charge is 0.254 e. The molecule has 8 nitrogen and oxygen atoms in total. The van der Waals surface area contributed by atoms with Crippen molar-refractivity contribution in [3.8, 4) is 6.07 Å². The van der Waals surface area contributed by atoms with Crippen molar-refractivity contribution >= 4 is 34.9 Å². The maximum atomic E-state index is 12.6. The van der Waals surface area contributed by atoms with Crippen molar-refractivity contribution in [2.75, 3.05) is 5.32 Å². The Morgan fingerprint density at radius 1 is 1.19 bits per heavy atom. The number of carbonyl (C=O) groups excluding carboxylic acids is 2. The number of nitrogens with zero attached hydrogens (tertiary/aromatic N) is 3. The van der Waals surface area contributed by atoms with E-state index in [4.69, 9.17) is 17.3 Å². The molecular formula is C22H25ClN6O2. The van der Waals surface area contributed by atoms with Gasteiger partial charge in [-0.05, 0) is 62.8 Å². The van der Waals surface area contributed by atoms with Crippen LogP contribution in [0.4, 0.5) is 11.5 Å². The molecule has 9 heteroatoms. The van der Waals surface area contributed by atoms with E-state index in [1.165, 1.54) is 0 Å². The number of amides is 2. The monoisotopic (exact) mass is 440 g/mol. The fourth-order valence-corrected chi connectivity index (χ4v) is 4.35. The van der Waals surface area contributed by atoms with Crippen LogP contribution in [0, 0.1) is 23.2 Å². The lowest BCUT2D eigenvalue weighted by molar-refractivity contribution is -0.127. The molecule has 0 unspecified atom stereocenters. The van der Waals surface area contributed by atoms with Gasteiger partial charge in [-0.2, -0.15) is 10.4 Å². The minimum Gasteiger partial charge on any atom is -0.365 e. The number of nitrogens with one attached hydrogen (secondary N) is 2. The molecule has 0 spiro atoms. The van der Waals surface area contributed by atoms with Crippen LogP contribution >= 0.6 is 11.6 Å². The van der Waals surface area contributed by atoms with Gasteiger partial charge in [0.1, 0.15) is 5.56 Å². The number of carbonyl (C=O) groups is 2. The summed E-state index contributed by atoms with van der Waals surface area (Å²) in [5, 5.41) is 21.1. The Kier molecular flexibility index (Phi) is 6.14. The molecule has 4 rings (SSSR count). The number of rotatable bonds is 6. The second kappa shape index (κ2) is 8.98. The van der Waals surface area contributed by atoms with Crippen molar-refractivity contribution in [2.45, 2.75) is 50.6 Å². The highest BCUT2D eigenvalue weighted by molar-refractivity contribution is 6.30. The molecule has 0 bridgehead atoms. The zero-order chi connectivity index (χ0) is 22.0. The zero-order valence-electron chi connectivity index (χ0n) is 17.1. The first-order chi connectivity index (χ1) is 14.9. The molecule has 1 heterocycles. The van der Waals surface area contributed by atoms with Gasteiger partial charge >= 0.3 is 0 Å². The Morgan fingerprint density at radius 2 is 1.94 bits per heavy atom. The number of nitriles is 1. The number of benzene rings is 1. The van der Waals surface area contributed by atoms with E-state index in [1.807, 2.05) is 0 Å². The molecule has 1 aromatic heterocycles. The van der Waals surface area contributed by atoms with E-state index in [0.29, 0.717) is 35.8 Å². The van der Waals surface area contributed by atoms with E-state index >= 15 is 0 Å². The minimum atomic E-state index is -0.607. The lowest BCUT2D eigenvalue weighted by atomic mass is 9.78. The summed E-state index contributed by atoms with van der Waals surface area (Å²) in [6.07, 6.45) is 6.60. The quantitative estimate of drug-likeness (QED) is 0.633. The number of halogens is 1. The zero-order valence-corrected chi connectivity index (χ0v) is 17.8. The Morgan fingerprint density at radius 3 is 2.55 bits per heavy atom. The molecule has 162 valence electrons. The van der Waals surface area contributed by atoms with Crippen LogP contribution in [0.2, 0.25) is 5.02 Å². The van der Waals surface area contributed by atoms with Crippen LogP contribution in [0.15, 0.2) is 30.5 Å². The molecule has 3 atom stereocenters. The fraction of sp³-hybridized carbons (Fsp3) is 0.455. The number of primary amides is 1. The average molecular weight is 441 g/mol. The van der Waals surface area contributed by atoms with E-state index in [1.54, 1.807) is 35.1 Å². The number of hydrogen-bond donors (Lipinski definition) is 3. The van der Waals surface area contributed by atoms with Crippen LogP contribution in [-0.2, 0) is 4.79 Å². The summed E-state index contributed by atoms with van der Waals surface area (Å²) in [7, 11) is 0. The molecule has 2 aromatic rings. The topological polar surface area (TPSA) is 126 Å². The van der Waals surface area contributed by atoms with Crippen molar-refractivity contribution in [3.05, 3.63) is 41.0 Å². The maximum absolute atomic E-state index is 12.6. The maximum Gasteiger partial charge on any atom is 0.254 e. The van der Waals surface area contributed by atoms with Crippen LogP contribution in [0.3, 0.4) is 0 Å². The fourth-order valence-electron chi connectivity index (χ4n) is 4.22. The highest BCUT2D eigenvalue weighted by Crippen LogP contribution is 2.38. The summed E-state index contributed by atoms with van der Waals surface area (Å²) >= 11 is 5.93. The van der Waals surface area contributed by atoms with Gasteiger partial charge in [-0.1, -0.05) is 11.6 Å². The van der Waals surface area contributed by atoms with Crippen molar-refractivity contribution in [2.24, 2.45) is 17.6 Å². The third kappa shape index (κ3) is 4.67. The Balaban J connectivity index is 1.50. The van der Waals surface area contributed by atoms with E-state index in [2.05, 4.69) is 21.8 Å². The van der Waals surface area contributed by atoms with Crippen LogP contribution < -0.4 is 16.4 Å². The molecule has 4 N–H and O–H groups in total. The van der Waals surface area contributed by atoms with Crippen LogP contribution in [-0.4, -0.2) is 27.6 Å². The molecule has 2 amide bonds. The van der Waals surface area contributed by atoms with Crippen LogP contribution in [0.25, 0.3) is 0 Å². The number of hydrogen-bond acceptors (Lipinski definition) is 5. The Bertz CT molecular complexity index is 1010. The van der Waals surface area contributed by atoms with Gasteiger partial charge in [-0.15, -0.1) is 0 Å². The third-order valence-electron chi connectivity index (χ3n) is 6.25. The summed E-state index contributed by atoms with van der Waals surface area (Å²) in [4.78, 5) is 24.5. The van der Waals surface area contributed by atoms with Gasteiger partial charge in [-0.3, -0.25) is 14.3 Å². The summed E-state index contributed by atoms with van der Waals surface area (Å²) < 4.78 is 1.65. The van der Waals surface area contributed by atoms with Gasteiger partial charge in [0.2, 0.25) is 5.91 Å². The molecule has 0 saturated heterocycles. The molecule has 0 aliphatic heterocycles. The molecule has 2 fully saturated rings. The lowest BCUT2D eigenvalue weighted by Gasteiger charge is -2.34. The number of nitrogens with two attached hydrogens (primary N) is 1. The molecule has 2 aliphatic rings. The highest BCUT2D eigenvalue weighted by Gasteiger charge is 2.37. The van der Waals surface area contributed by atoms with Gasteiger partial charge in [0.25, 0.3) is 5.91 Å². The van der Waals surface area contributed by atoms with E-state index in [9.17, 15) is 14.9 Å². The number of anilines is 2. The highest BCUT2D eigenvalue weighted by atomic mass is 35.5. The largest absolute Gasteiger partial charge is 0.365 e. The van der Waals surface area contributed by atoms with Crippen molar-refractivity contribution in [3.63, 3.8) is 0 Å². The summed E-state index contributed by atoms with van der Waals surface area (Å²) in [6, 6.07) is 9.41. The summed E-state index contributed by atoms with van der Waals surface area (Å²) in [6.45, 7) is 0. The van der Waals surface area contributed by atoms with E-state index in [0.717, 1.165) is 19.3 Å². The standard InChI is InChI=1S/C22H25ClN6O2/c23-15-5-7-17(8-6-15)26-21-18(20(25)30)12-29(28-21)19-9-4-13(10-14(19)11-24)22(31)27-16-2-1-3-16/h5-8,12-14,16,19H,1-4,9-10H2,(H2,25,30)(H,26,28)(H,27,31)/t13-,14+,19-/m1/s1. The van der Waals surface area contributed by atoms with Gasteiger partial charge in [0, 0.05) is 28.9 Å². The van der Waals surface area contributed by atoms with Gasteiger partial charge in [0.15, 0.2) is 5.82 Å². The molecule has 0 radical (unpaired) electrons. The van der Waals surface area contributed by atoms with Crippen molar-refractivity contribution in [1.29, 1.82) is 5.26 Å². The van der Waals surface area contributed by atoms with E-state index < -0.39 is 5.91 Å². The molecule has 1 aromatic carbocycles. The van der Waals surface area contributed by atoms with E-state index in [-0.39, 0.29) is 35.4 Å². The second-order valence-corrected chi connectivity index (χ2v) is 8.75. The molecule has 2 aliphatic carbocycles. The second-order valence-electron chi connectivity index (χ2n) is 8.32. The van der Waals surface area contributed by atoms with Crippen molar-refractivity contribution < 1.29 is 9.59 Å². The van der Waals surface area contributed by atoms with Gasteiger partial charge < -0.3 is 16.4 Å². The minimum absolute atomic E-state index is 0.0479. The Hall–Kier alpha value is -3.05. The van der Waals surface area contributed by atoms with Crippen LogP contribution in [0.5, 0.6) is 0 Å². The van der Waals surface area contributed by atoms with Gasteiger partial charge in [0.05, 0.1) is 18.0 Å². The first-order valence-corrected chi connectivity index (χ1v) is 10.9. The first kappa shape index (κ1) is 21.2. The van der Waals surface area contributed by atoms with Crippen LogP contribution in [0.1, 0.15) is 54.9 Å².